The third-order valence-electron chi connectivity index (χ3n) is 7.76. The number of para-hydroxylation sites is 1. The Balaban J connectivity index is 1.41. The van der Waals surface area contributed by atoms with Gasteiger partial charge in [0.05, 0.1) is 35.7 Å². The van der Waals surface area contributed by atoms with Gasteiger partial charge in [-0.25, -0.2) is 18.3 Å². The molecule has 10 heteroatoms. The molecular weight excluding hydrogens is 504 g/mol. The molecular formula is C29H35F2N5O3. The highest BCUT2D eigenvalue weighted by atomic mass is 19.2. The maximum Gasteiger partial charge on any atom is 0.320 e. The molecule has 1 aromatic heterocycles. The quantitative estimate of drug-likeness (QED) is 0.402. The number of likely N-dealkylation sites (tertiary alicyclic amines) is 1. The van der Waals surface area contributed by atoms with Crippen LogP contribution in [0.1, 0.15) is 43.0 Å². The average molecular weight is 540 g/mol. The zero-order valence-electron chi connectivity index (χ0n) is 22.5. The summed E-state index contributed by atoms with van der Waals surface area (Å²) >= 11 is 0. The lowest BCUT2D eigenvalue weighted by atomic mass is 9.94. The SMILES string of the molecule is COCC(N1C[C@@H](NC(=O)Nc2c3c(nn2-c2ccccc2)CCC3)[C@H](c2ccc(F)c(F)c2)C1)C(C)(C)O. The summed E-state index contributed by atoms with van der Waals surface area (Å²) in [6.07, 6.45) is 2.67. The molecule has 1 fully saturated rings. The van der Waals surface area contributed by atoms with Gasteiger partial charge in [0, 0.05) is 31.7 Å². The summed E-state index contributed by atoms with van der Waals surface area (Å²) < 4.78 is 35.1. The normalized spacial score (nSPS) is 20.2. The second-order valence-corrected chi connectivity index (χ2v) is 10.9. The maximum atomic E-state index is 14.2. The Hall–Kier alpha value is -3.34. The molecule has 0 radical (unpaired) electrons. The van der Waals surface area contributed by atoms with Crippen molar-refractivity contribution in [3.05, 3.63) is 77.0 Å². The average Bonchev–Trinajstić information content (AvgIpc) is 3.60. The molecule has 2 aliphatic rings. The fraction of sp³-hybridized carbons (Fsp3) is 0.448. The van der Waals surface area contributed by atoms with Crippen LogP contribution < -0.4 is 10.6 Å². The van der Waals surface area contributed by atoms with Gasteiger partial charge >= 0.3 is 6.03 Å². The number of urea groups is 1. The number of amides is 2. The number of hydrogen-bond donors (Lipinski definition) is 3. The Morgan fingerprint density at radius 1 is 1.15 bits per heavy atom. The fourth-order valence-electron chi connectivity index (χ4n) is 5.82. The van der Waals surface area contributed by atoms with Crippen molar-refractivity contribution in [3.63, 3.8) is 0 Å². The molecule has 3 atom stereocenters. The number of fused-ring (bicyclic) bond motifs is 1. The molecule has 8 nitrogen and oxygen atoms in total. The lowest BCUT2D eigenvalue weighted by Gasteiger charge is -2.36. The zero-order valence-corrected chi connectivity index (χ0v) is 22.5. The summed E-state index contributed by atoms with van der Waals surface area (Å²) in [5, 5.41) is 21.7. The summed E-state index contributed by atoms with van der Waals surface area (Å²) in [6, 6.07) is 12.3. The van der Waals surface area contributed by atoms with Gasteiger partial charge in [0.25, 0.3) is 0 Å². The van der Waals surface area contributed by atoms with E-state index in [1.807, 2.05) is 35.2 Å². The monoisotopic (exact) mass is 539 g/mol. The smallest absolute Gasteiger partial charge is 0.320 e. The van der Waals surface area contributed by atoms with Gasteiger partial charge in [0.1, 0.15) is 5.82 Å². The number of ether oxygens (including phenoxy) is 1. The number of benzene rings is 2. The van der Waals surface area contributed by atoms with E-state index in [1.165, 1.54) is 6.07 Å². The molecule has 1 aliphatic carbocycles. The van der Waals surface area contributed by atoms with E-state index < -0.39 is 29.3 Å². The highest BCUT2D eigenvalue weighted by Crippen LogP contribution is 2.34. The van der Waals surface area contributed by atoms with Crippen LogP contribution in [0.2, 0.25) is 0 Å². The standard InChI is InChI=1S/C29H35F2N5O3/c1-29(2,38)26(17-39-3)35-15-21(18-12-13-22(30)23(31)14-18)25(16-35)32-28(37)33-27-20-10-7-11-24(20)34-36(27)19-8-5-4-6-9-19/h4-6,8-9,12-14,21,25-26,38H,7,10-11,15-17H2,1-3H3,(H2,32,33,37)/t21-,25+,26?/m0/s1. The molecule has 0 spiro atoms. The molecule has 0 bridgehead atoms. The first-order valence-electron chi connectivity index (χ1n) is 13.3. The van der Waals surface area contributed by atoms with Crippen molar-refractivity contribution in [2.75, 3.05) is 32.1 Å². The minimum absolute atomic E-state index is 0.273. The van der Waals surface area contributed by atoms with E-state index in [-0.39, 0.29) is 18.6 Å². The number of nitrogens with one attached hydrogen (secondary N) is 2. The first-order chi connectivity index (χ1) is 18.7. The van der Waals surface area contributed by atoms with Crippen LogP contribution >= 0.6 is 0 Å². The molecule has 2 aromatic carbocycles. The number of halogens is 2. The lowest BCUT2D eigenvalue weighted by molar-refractivity contribution is -0.0441. The number of carbonyl (C=O) groups excluding carboxylic acids is 1. The molecule has 1 saturated heterocycles. The highest BCUT2D eigenvalue weighted by Gasteiger charge is 2.42. The molecule has 0 saturated carbocycles. The largest absolute Gasteiger partial charge is 0.389 e. The van der Waals surface area contributed by atoms with Crippen LogP contribution in [-0.4, -0.2) is 70.3 Å². The number of rotatable bonds is 8. The van der Waals surface area contributed by atoms with Crippen molar-refractivity contribution in [1.82, 2.24) is 20.0 Å². The van der Waals surface area contributed by atoms with Crippen molar-refractivity contribution >= 4 is 11.8 Å². The van der Waals surface area contributed by atoms with Crippen molar-refractivity contribution in [3.8, 4) is 5.69 Å². The van der Waals surface area contributed by atoms with Gasteiger partial charge in [-0.05, 0) is 62.9 Å². The van der Waals surface area contributed by atoms with Gasteiger partial charge in [0.2, 0.25) is 0 Å². The summed E-state index contributed by atoms with van der Waals surface area (Å²) in [4.78, 5) is 15.5. The van der Waals surface area contributed by atoms with Crippen LogP contribution in [0.5, 0.6) is 0 Å². The molecule has 2 heterocycles. The van der Waals surface area contributed by atoms with E-state index >= 15 is 0 Å². The first kappa shape index (κ1) is 27.2. The minimum Gasteiger partial charge on any atom is -0.389 e. The van der Waals surface area contributed by atoms with Crippen LogP contribution in [0.4, 0.5) is 19.4 Å². The molecule has 208 valence electrons. The zero-order chi connectivity index (χ0) is 27.7. The van der Waals surface area contributed by atoms with E-state index in [1.54, 1.807) is 31.7 Å². The van der Waals surface area contributed by atoms with Crippen molar-refractivity contribution in [2.45, 2.75) is 56.7 Å². The van der Waals surface area contributed by atoms with E-state index in [4.69, 9.17) is 9.84 Å². The number of aromatic nitrogens is 2. The summed E-state index contributed by atoms with van der Waals surface area (Å²) in [5.74, 6) is -1.56. The van der Waals surface area contributed by atoms with Crippen LogP contribution in [0.15, 0.2) is 48.5 Å². The van der Waals surface area contributed by atoms with Crippen LogP contribution in [0.3, 0.4) is 0 Å². The Bertz CT molecular complexity index is 1320. The number of aryl methyl sites for hydroxylation is 1. The third-order valence-corrected chi connectivity index (χ3v) is 7.76. The Labute approximate surface area is 227 Å². The van der Waals surface area contributed by atoms with Crippen molar-refractivity contribution in [2.24, 2.45) is 0 Å². The molecule has 3 aromatic rings. The van der Waals surface area contributed by atoms with Crippen LogP contribution in [0.25, 0.3) is 5.69 Å². The summed E-state index contributed by atoms with van der Waals surface area (Å²) in [5.41, 5.74) is 2.34. The van der Waals surface area contributed by atoms with E-state index in [9.17, 15) is 18.7 Å². The van der Waals surface area contributed by atoms with Gasteiger partial charge < -0.3 is 15.2 Å². The molecule has 1 aliphatic heterocycles. The number of aliphatic hydroxyl groups is 1. The van der Waals surface area contributed by atoms with Gasteiger partial charge in [-0.1, -0.05) is 24.3 Å². The van der Waals surface area contributed by atoms with E-state index in [0.717, 1.165) is 42.3 Å². The van der Waals surface area contributed by atoms with Crippen molar-refractivity contribution in [1.29, 1.82) is 0 Å². The number of carbonyl (C=O) groups is 1. The second kappa shape index (κ2) is 11.0. The minimum atomic E-state index is -1.09. The van der Waals surface area contributed by atoms with E-state index in [0.29, 0.717) is 24.5 Å². The topological polar surface area (TPSA) is 91.7 Å². The Kier molecular flexibility index (Phi) is 7.70. The molecule has 2 amide bonds. The molecule has 5 rings (SSSR count). The maximum absolute atomic E-state index is 14.2. The number of methoxy groups -OCH3 is 1. The van der Waals surface area contributed by atoms with Crippen molar-refractivity contribution < 1.29 is 23.4 Å². The highest BCUT2D eigenvalue weighted by molar-refractivity contribution is 5.90. The second-order valence-electron chi connectivity index (χ2n) is 10.9. The van der Waals surface area contributed by atoms with Crippen LogP contribution in [-0.2, 0) is 17.6 Å². The molecule has 39 heavy (non-hydrogen) atoms. The Morgan fingerprint density at radius 2 is 1.92 bits per heavy atom. The van der Waals surface area contributed by atoms with E-state index in [2.05, 4.69) is 10.6 Å². The predicted octanol–water partition coefficient (Wildman–Crippen LogP) is 4.01. The summed E-state index contributed by atoms with van der Waals surface area (Å²) in [7, 11) is 1.57. The molecule has 1 unspecified atom stereocenters. The number of hydrogen-bond acceptors (Lipinski definition) is 5. The van der Waals surface area contributed by atoms with Gasteiger partial charge in [0.15, 0.2) is 11.6 Å². The Morgan fingerprint density at radius 3 is 2.62 bits per heavy atom. The van der Waals surface area contributed by atoms with Gasteiger partial charge in [-0.15, -0.1) is 0 Å². The number of anilines is 1. The lowest BCUT2D eigenvalue weighted by Crippen LogP contribution is -2.52. The predicted molar refractivity (Wildman–Crippen MR) is 144 cm³/mol. The fourth-order valence-corrected chi connectivity index (χ4v) is 5.82. The summed E-state index contributed by atoms with van der Waals surface area (Å²) in [6.45, 7) is 4.51. The third kappa shape index (κ3) is 5.68. The number of nitrogens with zero attached hydrogens (tertiary/aromatic N) is 3. The molecule has 3 N–H and O–H groups in total. The first-order valence-corrected chi connectivity index (χ1v) is 13.3. The van der Waals surface area contributed by atoms with Crippen LogP contribution in [0, 0.1) is 11.6 Å². The van der Waals surface area contributed by atoms with Gasteiger partial charge in [-0.3, -0.25) is 10.2 Å². The van der Waals surface area contributed by atoms with Gasteiger partial charge in [-0.2, -0.15) is 5.10 Å².